The Labute approximate surface area is 151 Å². The number of hydrogen-bond acceptors (Lipinski definition) is 3. The highest BCUT2D eigenvalue weighted by Crippen LogP contribution is 2.36. The number of anilines is 1. The van der Waals surface area contributed by atoms with Gasteiger partial charge in [0.25, 0.3) is 5.56 Å². The van der Waals surface area contributed by atoms with E-state index in [1.165, 1.54) is 0 Å². The Morgan fingerprint density at radius 2 is 1.60 bits per heavy atom. The van der Waals surface area contributed by atoms with Crippen LogP contribution in [-0.4, -0.2) is 9.97 Å². The Bertz CT molecular complexity index is 1070. The predicted octanol–water partition coefficient (Wildman–Crippen LogP) is 3.42. The fraction of sp³-hybridized carbons (Fsp3) is 0.0526. The average Bonchev–Trinajstić information content (AvgIpc) is 2.62. The molecule has 3 aromatic rings. The molecule has 1 aromatic heterocycles. The third-order valence-electron chi connectivity index (χ3n) is 4.20. The Morgan fingerprint density at radius 3 is 2.32 bits per heavy atom. The van der Waals surface area contributed by atoms with Gasteiger partial charge in [0.1, 0.15) is 5.82 Å². The summed E-state index contributed by atoms with van der Waals surface area (Å²) in [7, 11) is 0. The van der Waals surface area contributed by atoms with Crippen LogP contribution in [0.5, 0.6) is 0 Å². The minimum Gasteiger partial charge on any atom is -0.341 e. The molecule has 3 N–H and O–H groups in total. The van der Waals surface area contributed by atoms with E-state index >= 15 is 0 Å². The monoisotopic (exact) mass is 395 g/mol. The molecule has 5 nitrogen and oxygen atoms in total. The molecule has 0 radical (unpaired) electrons. The molecule has 0 fully saturated rings. The van der Waals surface area contributed by atoms with Crippen LogP contribution in [0.15, 0.2) is 74.7 Å². The van der Waals surface area contributed by atoms with Crippen molar-refractivity contribution in [2.45, 2.75) is 5.92 Å². The standard InChI is InChI=1S/C19H14BrN3O2/c20-13-8-6-11(7-9-13)14-10-15(12-4-2-1-3-5-12)21-17-16(14)18(24)23-19(25)22-17/h1-10,14H,(H3,21,22,23,24,25). The number of fused-ring (bicyclic) bond motifs is 1. The Hall–Kier alpha value is -2.86. The summed E-state index contributed by atoms with van der Waals surface area (Å²) in [5, 5.41) is 3.18. The number of H-pyrrole nitrogens is 2. The van der Waals surface area contributed by atoms with Crippen LogP contribution in [0.3, 0.4) is 0 Å². The maximum Gasteiger partial charge on any atom is 0.327 e. The van der Waals surface area contributed by atoms with Crippen LogP contribution in [0.25, 0.3) is 5.70 Å². The van der Waals surface area contributed by atoms with Gasteiger partial charge in [0.05, 0.1) is 5.56 Å². The van der Waals surface area contributed by atoms with Crippen LogP contribution < -0.4 is 16.6 Å². The van der Waals surface area contributed by atoms with Crippen molar-refractivity contribution in [1.82, 2.24) is 9.97 Å². The summed E-state index contributed by atoms with van der Waals surface area (Å²) in [4.78, 5) is 29.2. The van der Waals surface area contributed by atoms with Gasteiger partial charge in [-0.15, -0.1) is 0 Å². The number of nitrogens with one attached hydrogen (secondary N) is 3. The largest absolute Gasteiger partial charge is 0.341 e. The van der Waals surface area contributed by atoms with Crippen molar-refractivity contribution in [1.29, 1.82) is 0 Å². The maximum atomic E-state index is 12.4. The SMILES string of the molecule is O=c1[nH]c2c(c(=O)[nH]1)C(c1ccc(Br)cc1)C=C(c1ccccc1)N2. The van der Waals surface area contributed by atoms with Crippen LogP contribution in [0.4, 0.5) is 5.82 Å². The molecule has 2 aromatic carbocycles. The minimum atomic E-state index is -0.528. The number of allylic oxidation sites excluding steroid dienone is 1. The summed E-state index contributed by atoms with van der Waals surface area (Å²) in [5.74, 6) is 0.170. The van der Waals surface area contributed by atoms with Crippen molar-refractivity contribution in [3.8, 4) is 0 Å². The Morgan fingerprint density at radius 1 is 0.880 bits per heavy atom. The van der Waals surface area contributed by atoms with E-state index < -0.39 is 5.69 Å². The Kier molecular flexibility index (Phi) is 3.89. The lowest BCUT2D eigenvalue weighted by Gasteiger charge is -2.25. The first-order valence-electron chi connectivity index (χ1n) is 7.78. The average molecular weight is 396 g/mol. The quantitative estimate of drug-likeness (QED) is 0.621. The summed E-state index contributed by atoms with van der Waals surface area (Å²) in [6.45, 7) is 0. The zero-order valence-electron chi connectivity index (χ0n) is 13.0. The molecule has 1 aliphatic heterocycles. The van der Waals surface area contributed by atoms with Crippen molar-refractivity contribution < 1.29 is 0 Å². The van der Waals surface area contributed by atoms with E-state index in [9.17, 15) is 9.59 Å². The van der Waals surface area contributed by atoms with E-state index in [-0.39, 0.29) is 11.5 Å². The van der Waals surface area contributed by atoms with E-state index in [0.29, 0.717) is 11.4 Å². The highest BCUT2D eigenvalue weighted by molar-refractivity contribution is 9.10. The number of rotatable bonds is 2. The van der Waals surface area contributed by atoms with Crippen molar-refractivity contribution in [2.75, 3.05) is 5.32 Å². The molecule has 1 aliphatic rings. The molecule has 124 valence electrons. The molecule has 0 saturated carbocycles. The first-order valence-corrected chi connectivity index (χ1v) is 8.57. The van der Waals surface area contributed by atoms with Crippen molar-refractivity contribution >= 4 is 27.4 Å². The summed E-state index contributed by atoms with van der Waals surface area (Å²) in [6, 6.07) is 17.6. The van der Waals surface area contributed by atoms with Crippen molar-refractivity contribution in [3.63, 3.8) is 0 Å². The lowest BCUT2D eigenvalue weighted by atomic mass is 9.88. The van der Waals surface area contributed by atoms with Gasteiger partial charge >= 0.3 is 5.69 Å². The summed E-state index contributed by atoms with van der Waals surface area (Å²) in [5.41, 5.74) is 2.39. The van der Waals surface area contributed by atoms with Crippen LogP contribution in [0, 0.1) is 0 Å². The van der Waals surface area contributed by atoms with Crippen LogP contribution >= 0.6 is 15.9 Å². The van der Waals surface area contributed by atoms with Gasteiger partial charge in [0.2, 0.25) is 0 Å². The highest BCUT2D eigenvalue weighted by Gasteiger charge is 2.26. The summed E-state index contributed by atoms with van der Waals surface area (Å²) >= 11 is 3.43. The number of benzene rings is 2. The molecular weight excluding hydrogens is 382 g/mol. The molecule has 0 amide bonds. The third kappa shape index (κ3) is 2.96. The fourth-order valence-electron chi connectivity index (χ4n) is 3.04. The number of aromatic nitrogens is 2. The second-order valence-corrected chi connectivity index (χ2v) is 6.71. The molecule has 6 heteroatoms. The Balaban J connectivity index is 1.93. The molecule has 0 spiro atoms. The van der Waals surface area contributed by atoms with E-state index in [2.05, 4.69) is 31.2 Å². The fourth-order valence-corrected chi connectivity index (χ4v) is 3.30. The van der Waals surface area contributed by atoms with Crippen LogP contribution in [0.1, 0.15) is 22.6 Å². The third-order valence-corrected chi connectivity index (χ3v) is 4.73. The first kappa shape index (κ1) is 15.7. The van der Waals surface area contributed by atoms with Gasteiger partial charge in [-0.25, -0.2) is 4.79 Å². The number of hydrogen-bond donors (Lipinski definition) is 3. The van der Waals surface area contributed by atoms with E-state index in [0.717, 1.165) is 21.3 Å². The van der Waals surface area contributed by atoms with Gasteiger partial charge in [-0.1, -0.05) is 58.4 Å². The molecule has 4 rings (SSSR count). The van der Waals surface area contributed by atoms with E-state index in [4.69, 9.17) is 0 Å². The lowest BCUT2D eigenvalue weighted by Crippen LogP contribution is -2.31. The topological polar surface area (TPSA) is 77.8 Å². The zero-order chi connectivity index (χ0) is 17.4. The molecule has 0 aliphatic carbocycles. The van der Waals surface area contributed by atoms with Gasteiger partial charge in [0.15, 0.2) is 0 Å². The first-order chi connectivity index (χ1) is 12.1. The molecule has 1 atom stereocenters. The number of halogens is 1. The van der Waals surface area contributed by atoms with Gasteiger partial charge in [-0.3, -0.25) is 14.8 Å². The predicted molar refractivity (Wildman–Crippen MR) is 102 cm³/mol. The van der Waals surface area contributed by atoms with Crippen molar-refractivity contribution in [3.05, 3.63) is 103 Å². The van der Waals surface area contributed by atoms with Gasteiger partial charge in [-0.2, -0.15) is 0 Å². The highest BCUT2D eigenvalue weighted by atomic mass is 79.9. The van der Waals surface area contributed by atoms with Gasteiger partial charge in [0, 0.05) is 16.1 Å². The summed E-state index contributed by atoms with van der Waals surface area (Å²) < 4.78 is 0.966. The molecule has 0 bridgehead atoms. The zero-order valence-corrected chi connectivity index (χ0v) is 14.6. The molecule has 2 heterocycles. The van der Waals surface area contributed by atoms with Gasteiger partial charge < -0.3 is 5.32 Å². The minimum absolute atomic E-state index is 0.264. The normalized spacial score (nSPS) is 15.9. The second-order valence-electron chi connectivity index (χ2n) is 5.80. The van der Waals surface area contributed by atoms with Gasteiger partial charge in [-0.05, 0) is 29.3 Å². The number of aromatic amines is 2. The van der Waals surface area contributed by atoms with E-state index in [1.807, 2.05) is 60.7 Å². The second kappa shape index (κ2) is 6.22. The molecule has 1 unspecified atom stereocenters. The molecular formula is C19H14BrN3O2. The molecule has 25 heavy (non-hydrogen) atoms. The maximum absolute atomic E-state index is 12.4. The molecule has 0 saturated heterocycles. The van der Waals surface area contributed by atoms with Crippen LogP contribution in [-0.2, 0) is 0 Å². The summed E-state index contributed by atoms with van der Waals surface area (Å²) in [6.07, 6.45) is 2.01. The lowest BCUT2D eigenvalue weighted by molar-refractivity contribution is 0.914. The van der Waals surface area contributed by atoms with Crippen LogP contribution in [0.2, 0.25) is 0 Å². The smallest absolute Gasteiger partial charge is 0.327 e. The van der Waals surface area contributed by atoms with Crippen molar-refractivity contribution in [2.24, 2.45) is 0 Å². The van der Waals surface area contributed by atoms with E-state index in [1.54, 1.807) is 0 Å².